The van der Waals surface area contributed by atoms with E-state index < -0.39 is 22.6 Å². The quantitative estimate of drug-likeness (QED) is 0.491. The molecule has 0 aliphatic heterocycles. The van der Waals surface area contributed by atoms with Gasteiger partial charge in [0.15, 0.2) is 0 Å². The number of alkyl halides is 3. The van der Waals surface area contributed by atoms with Crippen LogP contribution >= 0.6 is 0 Å². The molecule has 2 aromatic carbocycles. The van der Waals surface area contributed by atoms with Crippen molar-refractivity contribution >= 4 is 11.6 Å². The summed E-state index contributed by atoms with van der Waals surface area (Å²) in [5, 5.41) is 13.1. The van der Waals surface area contributed by atoms with E-state index in [2.05, 4.69) is 17.2 Å². The second-order valence-corrected chi connectivity index (χ2v) is 5.16. The molecule has 0 atom stereocenters. The molecule has 140 valence electrons. The van der Waals surface area contributed by atoms with Gasteiger partial charge in [0, 0.05) is 17.7 Å². The number of nitrogens with zero attached hydrogens (tertiary/aromatic N) is 1. The number of rotatable bonds is 5. The summed E-state index contributed by atoms with van der Waals surface area (Å²) in [5.41, 5.74) is -0.911. The van der Waals surface area contributed by atoms with Gasteiger partial charge in [-0.05, 0) is 24.3 Å². The fourth-order valence-electron chi connectivity index (χ4n) is 1.98. The first kappa shape index (κ1) is 19.8. The zero-order valence-electron chi connectivity index (χ0n) is 13.7. The molecule has 0 aliphatic rings. The van der Waals surface area contributed by atoms with Crippen LogP contribution in [-0.4, -0.2) is 24.0 Å². The second-order valence-electron chi connectivity index (χ2n) is 5.16. The molecule has 0 radical (unpaired) electrons. The fourth-order valence-corrected chi connectivity index (χ4v) is 1.98. The Hall–Kier alpha value is -3.54. The number of carbonyl (C=O) groups is 1. The predicted octanol–water partition coefficient (Wildman–Crippen LogP) is 3.43. The highest BCUT2D eigenvalue weighted by molar-refractivity contribution is 5.94. The third-order valence-electron chi connectivity index (χ3n) is 3.25. The van der Waals surface area contributed by atoms with E-state index in [4.69, 9.17) is 4.74 Å². The number of hydrogen-bond donors (Lipinski definition) is 1. The van der Waals surface area contributed by atoms with Gasteiger partial charge in [-0.1, -0.05) is 24.0 Å². The highest BCUT2D eigenvalue weighted by atomic mass is 19.4. The Balaban J connectivity index is 1.82. The van der Waals surface area contributed by atoms with Crippen LogP contribution in [0.15, 0.2) is 48.5 Å². The highest BCUT2D eigenvalue weighted by Crippen LogP contribution is 2.31. The molecule has 0 saturated heterocycles. The Morgan fingerprint density at radius 1 is 1.15 bits per heavy atom. The number of non-ortho nitro benzene ring substituents is 1. The summed E-state index contributed by atoms with van der Waals surface area (Å²) < 4.78 is 42.9. The van der Waals surface area contributed by atoms with E-state index in [-0.39, 0.29) is 30.2 Å². The number of halogens is 3. The molecule has 1 N–H and O–H groups in total. The fraction of sp³-hybridized carbons (Fsp3) is 0.167. The number of benzene rings is 2. The summed E-state index contributed by atoms with van der Waals surface area (Å²) >= 11 is 0. The van der Waals surface area contributed by atoms with Crippen LogP contribution in [-0.2, 0) is 6.18 Å². The molecule has 27 heavy (non-hydrogen) atoms. The van der Waals surface area contributed by atoms with E-state index >= 15 is 0 Å². The summed E-state index contributed by atoms with van der Waals surface area (Å²) in [6, 6.07) is 9.62. The van der Waals surface area contributed by atoms with Crippen molar-refractivity contribution in [3.63, 3.8) is 0 Å². The average molecular weight is 378 g/mol. The molecule has 0 spiro atoms. The van der Waals surface area contributed by atoms with Crippen LogP contribution < -0.4 is 10.1 Å². The molecule has 1 amide bonds. The summed E-state index contributed by atoms with van der Waals surface area (Å²) in [5.74, 6) is 4.62. The van der Waals surface area contributed by atoms with E-state index in [1.807, 2.05) is 0 Å². The van der Waals surface area contributed by atoms with Crippen LogP contribution in [0.25, 0.3) is 0 Å². The number of ether oxygens (including phenoxy) is 1. The van der Waals surface area contributed by atoms with Crippen molar-refractivity contribution in [1.29, 1.82) is 0 Å². The summed E-state index contributed by atoms with van der Waals surface area (Å²) in [6.07, 6.45) is -4.46. The van der Waals surface area contributed by atoms with Gasteiger partial charge < -0.3 is 10.1 Å². The molecule has 0 saturated carbocycles. The molecule has 2 aromatic rings. The number of nitro benzene ring substituents is 1. The van der Waals surface area contributed by atoms with Crippen LogP contribution in [0.5, 0.6) is 5.75 Å². The van der Waals surface area contributed by atoms with Crippen molar-refractivity contribution in [3.8, 4) is 17.6 Å². The Kier molecular flexibility index (Phi) is 6.38. The van der Waals surface area contributed by atoms with E-state index in [0.29, 0.717) is 0 Å². The summed E-state index contributed by atoms with van der Waals surface area (Å²) in [7, 11) is 0. The number of nitro groups is 1. The van der Waals surface area contributed by atoms with Crippen molar-refractivity contribution in [2.24, 2.45) is 0 Å². The van der Waals surface area contributed by atoms with Gasteiger partial charge in [0.1, 0.15) is 12.4 Å². The first-order chi connectivity index (χ1) is 12.8. The van der Waals surface area contributed by atoms with Crippen molar-refractivity contribution in [2.75, 3.05) is 13.2 Å². The minimum Gasteiger partial charge on any atom is -0.481 e. The van der Waals surface area contributed by atoms with Gasteiger partial charge in [-0.3, -0.25) is 14.9 Å². The average Bonchev–Trinajstić information content (AvgIpc) is 2.64. The SMILES string of the molecule is O=C(NCC#CCOc1cccc(C(F)(F)F)c1)c1cccc([N+](=O)[O-])c1. The maximum atomic E-state index is 12.6. The van der Waals surface area contributed by atoms with Crippen LogP contribution in [0, 0.1) is 22.0 Å². The van der Waals surface area contributed by atoms with Gasteiger partial charge >= 0.3 is 6.18 Å². The molecule has 9 heteroatoms. The first-order valence-corrected chi connectivity index (χ1v) is 7.56. The van der Waals surface area contributed by atoms with Gasteiger partial charge in [-0.15, -0.1) is 0 Å². The molecule has 0 heterocycles. The highest BCUT2D eigenvalue weighted by Gasteiger charge is 2.30. The maximum absolute atomic E-state index is 12.6. The molecular formula is C18H13F3N2O4. The minimum absolute atomic E-state index is 0.0276. The Labute approximate surface area is 152 Å². The van der Waals surface area contributed by atoms with Crippen molar-refractivity contribution in [1.82, 2.24) is 5.32 Å². The molecule has 2 rings (SSSR count). The number of nitrogens with one attached hydrogen (secondary N) is 1. The van der Waals surface area contributed by atoms with Crippen molar-refractivity contribution in [3.05, 3.63) is 69.8 Å². The lowest BCUT2D eigenvalue weighted by atomic mass is 10.2. The standard InChI is InChI=1S/C18H13F3N2O4/c19-18(20,21)14-6-4-8-16(12-14)27-10-2-1-9-22-17(24)13-5-3-7-15(11-13)23(25)26/h3-8,11-12H,9-10H2,(H,22,24). The van der Waals surface area contributed by atoms with Gasteiger partial charge in [-0.2, -0.15) is 13.2 Å². The minimum atomic E-state index is -4.46. The monoisotopic (exact) mass is 378 g/mol. The largest absolute Gasteiger partial charge is 0.481 e. The maximum Gasteiger partial charge on any atom is 0.416 e. The van der Waals surface area contributed by atoms with Crippen molar-refractivity contribution in [2.45, 2.75) is 6.18 Å². The second kappa shape index (κ2) is 8.71. The molecule has 6 nitrogen and oxygen atoms in total. The molecule has 0 bridgehead atoms. The molecular weight excluding hydrogens is 365 g/mol. The number of hydrogen-bond acceptors (Lipinski definition) is 4. The zero-order chi connectivity index (χ0) is 19.9. The lowest BCUT2D eigenvalue weighted by Crippen LogP contribution is -2.23. The van der Waals surface area contributed by atoms with Crippen LogP contribution in [0.1, 0.15) is 15.9 Å². The lowest BCUT2D eigenvalue weighted by molar-refractivity contribution is -0.384. The first-order valence-electron chi connectivity index (χ1n) is 7.56. The zero-order valence-corrected chi connectivity index (χ0v) is 13.7. The summed E-state index contributed by atoms with van der Waals surface area (Å²) in [6.45, 7) is -0.207. The summed E-state index contributed by atoms with van der Waals surface area (Å²) in [4.78, 5) is 21.9. The van der Waals surface area contributed by atoms with Gasteiger partial charge in [0.05, 0.1) is 17.0 Å². The van der Waals surface area contributed by atoms with Crippen LogP contribution in [0.4, 0.5) is 18.9 Å². The number of amides is 1. The smallest absolute Gasteiger partial charge is 0.416 e. The normalized spacial score (nSPS) is 10.5. The lowest BCUT2D eigenvalue weighted by Gasteiger charge is -2.08. The van der Waals surface area contributed by atoms with Gasteiger partial charge in [0.2, 0.25) is 0 Å². The van der Waals surface area contributed by atoms with E-state index in [1.54, 1.807) is 0 Å². The van der Waals surface area contributed by atoms with Crippen LogP contribution in [0.3, 0.4) is 0 Å². The predicted molar refractivity (Wildman–Crippen MR) is 90.1 cm³/mol. The molecule has 0 aliphatic carbocycles. The molecule has 0 fully saturated rings. The third-order valence-corrected chi connectivity index (χ3v) is 3.25. The van der Waals surface area contributed by atoms with Crippen molar-refractivity contribution < 1.29 is 27.6 Å². The van der Waals surface area contributed by atoms with E-state index in [0.717, 1.165) is 18.2 Å². The van der Waals surface area contributed by atoms with Gasteiger partial charge in [-0.25, -0.2) is 0 Å². The van der Waals surface area contributed by atoms with Crippen LogP contribution in [0.2, 0.25) is 0 Å². The third kappa shape index (κ3) is 6.04. The Bertz CT molecular complexity index is 901. The number of carbonyl (C=O) groups excluding carboxylic acids is 1. The Morgan fingerprint density at radius 2 is 1.89 bits per heavy atom. The topological polar surface area (TPSA) is 81.5 Å². The van der Waals surface area contributed by atoms with E-state index in [1.165, 1.54) is 30.3 Å². The van der Waals surface area contributed by atoms with Gasteiger partial charge in [0.25, 0.3) is 11.6 Å². The Morgan fingerprint density at radius 3 is 2.59 bits per heavy atom. The van der Waals surface area contributed by atoms with E-state index in [9.17, 15) is 28.1 Å². The molecule has 0 unspecified atom stereocenters. The molecule has 0 aromatic heterocycles.